The minimum Gasteiger partial charge on any atom is -0.502 e. The zero-order chi connectivity index (χ0) is 23.1. The monoisotopic (exact) mass is 434 g/mol. The molecule has 0 saturated heterocycles. The van der Waals surface area contributed by atoms with Crippen molar-refractivity contribution in [2.75, 3.05) is 14.2 Å². The first-order valence-electron chi connectivity index (χ1n) is 10.6. The van der Waals surface area contributed by atoms with Gasteiger partial charge in [-0.1, -0.05) is 45.6 Å². The second-order valence-corrected chi connectivity index (χ2v) is 7.00. The third-order valence-electron chi connectivity index (χ3n) is 4.53. The van der Waals surface area contributed by atoms with Crippen molar-refractivity contribution in [3.8, 4) is 0 Å². The van der Waals surface area contributed by atoms with E-state index in [2.05, 4.69) is 17.8 Å². The van der Waals surface area contributed by atoms with Crippen LogP contribution in [0.25, 0.3) is 0 Å². The number of hydrazine groups is 1. The van der Waals surface area contributed by atoms with Crippen molar-refractivity contribution in [3.63, 3.8) is 0 Å². The molecule has 0 aliphatic heterocycles. The van der Waals surface area contributed by atoms with Crippen LogP contribution in [0.5, 0.6) is 0 Å². The fourth-order valence-electron chi connectivity index (χ4n) is 2.81. The highest BCUT2D eigenvalue weighted by atomic mass is 16.6. The summed E-state index contributed by atoms with van der Waals surface area (Å²) in [7, 11) is 3.09. The molecule has 0 bridgehead atoms. The maximum Gasteiger partial charge on any atom is 0.349 e. The Balaban J connectivity index is 2.66. The number of esters is 2. The third-order valence-corrected chi connectivity index (χ3v) is 4.53. The van der Waals surface area contributed by atoms with Crippen LogP contribution >= 0.6 is 0 Å². The molecule has 2 N–H and O–H groups in total. The molecule has 1 unspecified atom stereocenters. The Morgan fingerprint density at radius 3 is 2.52 bits per heavy atom. The smallest absolute Gasteiger partial charge is 0.349 e. The van der Waals surface area contributed by atoms with Crippen molar-refractivity contribution in [1.82, 2.24) is 10.9 Å². The second-order valence-electron chi connectivity index (χ2n) is 7.00. The molecule has 1 atom stereocenters. The molecule has 0 aromatic carbocycles. The summed E-state index contributed by atoms with van der Waals surface area (Å²) in [6, 6.07) is -0.481. The molecule has 8 heteroatoms. The van der Waals surface area contributed by atoms with Crippen molar-refractivity contribution >= 4 is 17.7 Å². The summed E-state index contributed by atoms with van der Waals surface area (Å²) in [6.45, 7) is 4.07. The molecule has 1 aliphatic carbocycles. The van der Waals surface area contributed by atoms with Gasteiger partial charge in [-0.25, -0.2) is 10.2 Å². The van der Waals surface area contributed by atoms with Crippen molar-refractivity contribution in [2.24, 2.45) is 0 Å². The van der Waals surface area contributed by atoms with Crippen LogP contribution in [0, 0.1) is 0 Å². The van der Waals surface area contributed by atoms with E-state index < -0.39 is 23.8 Å². The van der Waals surface area contributed by atoms with Crippen molar-refractivity contribution in [2.45, 2.75) is 64.8 Å². The lowest BCUT2D eigenvalue weighted by Crippen LogP contribution is -2.40. The Morgan fingerprint density at radius 1 is 1.13 bits per heavy atom. The number of ether oxygens (including phenoxy) is 3. The standard InChI is InChI=1S/C23H34N2O6/c1-5-7-8-9-10-11-22(27)31-23(28)20-15-17(12-13-21(20)26)24-25-18(16-29-3)14-19(6-2)30-4/h12-17,24-25H,5-11H2,1-4H3/b18-16+,19-14+. The van der Waals surface area contributed by atoms with E-state index in [-0.39, 0.29) is 12.0 Å². The molecular formula is C23H34N2O6. The van der Waals surface area contributed by atoms with Gasteiger partial charge in [0.05, 0.1) is 31.7 Å². The van der Waals surface area contributed by atoms with E-state index in [0.29, 0.717) is 18.5 Å². The Labute approximate surface area is 184 Å². The summed E-state index contributed by atoms with van der Waals surface area (Å²) in [6.07, 6.45) is 13.2. The third kappa shape index (κ3) is 10.1. The normalized spacial score (nSPS) is 16.6. The summed E-state index contributed by atoms with van der Waals surface area (Å²) >= 11 is 0. The van der Waals surface area contributed by atoms with E-state index in [4.69, 9.17) is 14.2 Å². The molecule has 0 spiro atoms. The number of methoxy groups -OCH3 is 2. The van der Waals surface area contributed by atoms with Crippen LogP contribution in [0.2, 0.25) is 0 Å². The summed E-state index contributed by atoms with van der Waals surface area (Å²) in [5, 5.41) is 0. The molecule has 0 aromatic rings. The number of carbonyl (C=O) groups excluding carboxylic acids is 3. The minimum atomic E-state index is -0.931. The van der Waals surface area contributed by atoms with Crippen LogP contribution < -0.4 is 10.9 Å². The van der Waals surface area contributed by atoms with Crippen molar-refractivity contribution in [1.29, 1.82) is 0 Å². The summed E-state index contributed by atoms with van der Waals surface area (Å²) in [5.41, 5.74) is 6.32. The molecule has 0 fully saturated rings. The summed E-state index contributed by atoms with van der Waals surface area (Å²) < 4.78 is 15.1. The highest BCUT2D eigenvalue weighted by molar-refractivity contribution is 6.23. The van der Waals surface area contributed by atoms with Gasteiger partial charge in [0.15, 0.2) is 5.78 Å². The number of rotatable bonds is 14. The second kappa shape index (κ2) is 15.0. The van der Waals surface area contributed by atoms with E-state index >= 15 is 0 Å². The fraction of sp³-hybridized carbons (Fsp3) is 0.522. The number of ketones is 1. The predicted molar refractivity (Wildman–Crippen MR) is 117 cm³/mol. The zero-order valence-electron chi connectivity index (χ0n) is 18.9. The lowest BCUT2D eigenvalue weighted by molar-refractivity contribution is -0.157. The van der Waals surface area contributed by atoms with Crippen LogP contribution in [0.3, 0.4) is 0 Å². The van der Waals surface area contributed by atoms with E-state index in [9.17, 15) is 14.4 Å². The Kier molecular flexibility index (Phi) is 12.7. The Bertz CT molecular complexity index is 730. The van der Waals surface area contributed by atoms with Gasteiger partial charge in [-0.3, -0.25) is 9.59 Å². The first-order chi connectivity index (χ1) is 14.9. The lowest BCUT2D eigenvalue weighted by Gasteiger charge is -2.18. The van der Waals surface area contributed by atoms with Crippen LogP contribution in [-0.4, -0.2) is 38.0 Å². The molecule has 31 heavy (non-hydrogen) atoms. The molecule has 8 nitrogen and oxygen atoms in total. The van der Waals surface area contributed by atoms with Gasteiger partial charge >= 0.3 is 11.9 Å². The van der Waals surface area contributed by atoms with E-state index in [1.54, 1.807) is 19.3 Å². The van der Waals surface area contributed by atoms with Gasteiger partial charge in [0.1, 0.15) is 11.8 Å². The highest BCUT2D eigenvalue weighted by Gasteiger charge is 2.24. The molecule has 1 aliphatic rings. The van der Waals surface area contributed by atoms with Gasteiger partial charge < -0.3 is 19.6 Å². The van der Waals surface area contributed by atoms with Gasteiger partial charge in [-0.15, -0.1) is 0 Å². The average Bonchev–Trinajstić information content (AvgIpc) is 2.76. The first kappa shape index (κ1) is 26.2. The zero-order valence-corrected chi connectivity index (χ0v) is 18.9. The van der Waals surface area contributed by atoms with Crippen molar-refractivity contribution < 1.29 is 28.6 Å². The molecule has 0 radical (unpaired) electrons. The van der Waals surface area contributed by atoms with Crippen LogP contribution in [-0.2, 0) is 28.6 Å². The molecule has 0 saturated carbocycles. The largest absolute Gasteiger partial charge is 0.502 e. The minimum absolute atomic E-state index is 0.159. The van der Waals surface area contributed by atoms with Gasteiger partial charge in [-0.2, -0.15) is 0 Å². The van der Waals surface area contributed by atoms with E-state index in [1.165, 1.54) is 25.5 Å². The molecule has 0 aromatic heterocycles. The number of unbranched alkanes of at least 4 members (excludes halogenated alkanes) is 4. The quantitative estimate of drug-likeness (QED) is 0.0816. The maximum atomic E-state index is 12.3. The number of nitrogens with one attached hydrogen (secondary N) is 2. The SMILES string of the molecule is CCCCCCCC(=O)OC(=O)C1=CC(NNC(=C/OC)/C=C(\CC)OC)C=CC1=O. The number of hydrogen-bond donors (Lipinski definition) is 2. The fourth-order valence-corrected chi connectivity index (χ4v) is 2.81. The molecule has 0 heterocycles. The number of carbonyl (C=O) groups is 3. The molecule has 0 amide bonds. The Hall–Kier alpha value is -2.87. The maximum absolute atomic E-state index is 12.3. The average molecular weight is 435 g/mol. The van der Waals surface area contributed by atoms with Gasteiger partial charge in [0, 0.05) is 18.9 Å². The summed E-state index contributed by atoms with van der Waals surface area (Å²) in [5.74, 6) is -1.31. The van der Waals surface area contributed by atoms with Crippen LogP contribution in [0.1, 0.15) is 58.8 Å². The van der Waals surface area contributed by atoms with Crippen molar-refractivity contribution in [3.05, 3.63) is 47.6 Å². The summed E-state index contributed by atoms with van der Waals surface area (Å²) in [4.78, 5) is 36.3. The van der Waals surface area contributed by atoms with E-state index in [1.807, 2.05) is 6.92 Å². The topological polar surface area (TPSA) is 103 Å². The van der Waals surface area contributed by atoms with E-state index in [0.717, 1.165) is 31.4 Å². The Morgan fingerprint density at radius 2 is 1.87 bits per heavy atom. The number of allylic oxidation sites excluding steroid dienone is 3. The highest BCUT2D eigenvalue weighted by Crippen LogP contribution is 2.12. The number of hydrogen-bond acceptors (Lipinski definition) is 8. The molecular weight excluding hydrogens is 400 g/mol. The first-order valence-corrected chi connectivity index (χ1v) is 10.6. The van der Waals surface area contributed by atoms with Gasteiger partial charge in [0.25, 0.3) is 0 Å². The van der Waals surface area contributed by atoms with Gasteiger partial charge in [-0.05, 0) is 18.6 Å². The molecule has 172 valence electrons. The van der Waals surface area contributed by atoms with Gasteiger partial charge in [0.2, 0.25) is 0 Å². The molecule has 1 rings (SSSR count). The lowest BCUT2D eigenvalue weighted by atomic mass is 10.0. The van der Waals surface area contributed by atoms with Crippen LogP contribution in [0.4, 0.5) is 0 Å². The van der Waals surface area contributed by atoms with Crippen LogP contribution in [0.15, 0.2) is 47.6 Å². The predicted octanol–water partition coefficient (Wildman–Crippen LogP) is 3.37.